The first-order chi connectivity index (χ1) is 8.72. The van der Waals surface area contributed by atoms with Crippen LogP contribution in [0.4, 0.5) is 4.39 Å². The third kappa shape index (κ3) is 2.43. The third-order valence-electron chi connectivity index (χ3n) is 4.09. The Balaban J connectivity index is 1.56. The average molecular weight is 249 g/mol. The summed E-state index contributed by atoms with van der Waals surface area (Å²) in [7, 11) is 0. The van der Waals surface area contributed by atoms with E-state index in [-0.39, 0.29) is 11.9 Å². The molecule has 3 rings (SSSR count). The molecule has 1 aromatic rings. The van der Waals surface area contributed by atoms with Crippen molar-refractivity contribution in [3.63, 3.8) is 0 Å². The molecule has 2 bridgehead atoms. The van der Waals surface area contributed by atoms with Gasteiger partial charge >= 0.3 is 0 Å². The lowest BCUT2D eigenvalue weighted by Crippen LogP contribution is -2.43. The van der Waals surface area contributed by atoms with Gasteiger partial charge in [-0.05, 0) is 44.2 Å². The Morgan fingerprint density at radius 1 is 1.39 bits per heavy atom. The van der Waals surface area contributed by atoms with Crippen LogP contribution in [0.25, 0.3) is 0 Å². The quantitative estimate of drug-likeness (QED) is 0.885. The molecule has 2 heterocycles. The summed E-state index contributed by atoms with van der Waals surface area (Å²) in [5, 5.41) is 3.59. The van der Waals surface area contributed by atoms with Crippen molar-refractivity contribution in [2.75, 3.05) is 0 Å². The van der Waals surface area contributed by atoms with E-state index in [1.807, 2.05) is 12.1 Å². The summed E-state index contributed by atoms with van der Waals surface area (Å²) < 4.78 is 19.4. The van der Waals surface area contributed by atoms with Crippen LogP contribution < -0.4 is 5.32 Å². The number of nitrogens with one attached hydrogen (secondary N) is 1. The third-order valence-corrected chi connectivity index (χ3v) is 4.09. The molecule has 4 atom stereocenters. The Bertz CT molecular complexity index is 423. The van der Waals surface area contributed by atoms with E-state index in [1.54, 1.807) is 6.07 Å². The Labute approximate surface area is 108 Å². The number of hydrogen-bond acceptors (Lipinski definition) is 2. The van der Waals surface area contributed by atoms with Gasteiger partial charge in [-0.15, -0.1) is 0 Å². The van der Waals surface area contributed by atoms with E-state index < -0.39 is 0 Å². The van der Waals surface area contributed by atoms with E-state index in [4.69, 9.17) is 4.74 Å². The maximum absolute atomic E-state index is 13.6. The maximum Gasteiger partial charge on any atom is 0.126 e. The molecule has 0 aromatic heterocycles. The Morgan fingerprint density at radius 3 is 2.89 bits per heavy atom. The second-order valence-electron chi connectivity index (χ2n) is 5.58. The molecular weight excluding hydrogens is 229 g/mol. The zero-order valence-corrected chi connectivity index (χ0v) is 10.7. The monoisotopic (exact) mass is 249 g/mol. The van der Waals surface area contributed by atoms with Gasteiger partial charge in [0.1, 0.15) is 5.82 Å². The van der Waals surface area contributed by atoms with Crippen LogP contribution >= 0.6 is 0 Å². The minimum absolute atomic E-state index is 0.102. The molecule has 0 aliphatic carbocycles. The van der Waals surface area contributed by atoms with Crippen LogP contribution in [-0.2, 0) is 11.2 Å². The smallest absolute Gasteiger partial charge is 0.126 e. The molecule has 0 amide bonds. The number of ether oxygens (including phenoxy) is 1. The molecule has 0 radical (unpaired) electrons. The SMILES string of the molecule is CC(Cc1ccccc1F)NC1CC2CCC1O2. The minimum atomic E-state index is -0.102. The van der Waals surface area contributed by atoms with Crippen molar-refractivity contribution >= 4 is 0 Å². The first-order valence-electron chi connectivity index (χ1n) is 6.87. The number of fused-ring (bicyclic) bond motifs is 2. The second-order valence-corrected chi connectivity index (χ2v) is 5.58. The summed E-state index contributed by atoms with van der Waals surface area (Å²) in [6, 6.07) is 7.78. The molecule has 2 nitrogen and oxygen atoms in total. The molecular formula is C15H20FNO. The molecule has 2 saturated heterocycles. The Kier molecular flexibility index (Phi) is 3.35. The maximum atomic E-state index is 13.6. The highest BCUT2D eigenvalue weighted by Crippen LogP contribution is 2.34. The molecule has 3 heteroatoms. The first-order valence-corrected chi connectivity index (χ1v) is 6.87. The van der Waals surface area contributed by atoms with Crippen LogP contribution in [0.1, 0.15) is 31.7 Å². The van der Waals surface area contributed by atoms with Gasteiger partial charge in [-0.2, -0.15) is 0 Å². The van der Waals surface area contributed by atoms with Gasteiger partial charge in [0.2, 0.25) is 0 Å². The van der Waals surface area contributed by atoms with E-state index in [2.05, 4.69) is 12.2 Å². The van der Waals surface area contributed by atoms with E-state index in [9.17, 15) is 4.39 Å². The van der Waals surface area contributed by atoms with Crippen LogP contribution in [-0.4, -0.2) is 24.3 Å². The van der Waals surface area contributed by atoms with E-state index >= 15 is 0 Å². The van der Waals surface area contributed by atoms with Gasteiger partial charge in [0.25, 0.3) is 0 Å². The number of hydrogen-bond donors (Lipinski definition) is 1. The molecule has 4 unspecified atom stereocenters. The summed E-state index contributed by atoms with van der Waals surface area (Å²) in [6.07, 6.45) is 5.10. The van der Waals surface area contributed by atoms with Gasteiger partial charge in [0.05, 0.1) is 12.2 Å². The molecule has 0 saturated carbocycles. The van der Waals surface area contributed by atoms with Crippen LogP contribution in [0.2, 0.25) is 0 Å². The summed E-state index contributed by atoms with van der Waals surface area (Å²) in [5.41, 5.74) is 0.793. The molecule has 1 aromatic carbocycles. The lowest BCUT2D eigenvalue weighted by molar-refractivity contribution is 0.0962. The van der Waals surface area contributed by atoms with Crippen LogP contribution in [0, 0.1) is 5.82 Å². The fourth-order valence-electron chi connectivity index (χ4n) is 3.23. The second kappa shape index (κ2) is 4.98. The standard InChI is InChI=1S/C15H20FNO/c1-10(8-11-4-2-3-5-13(11)16)17-14-9-12-6-7-15(14)18-12/h2-5,10,12,14-15,17H,6-9H2,1H3. The molecule has 1 N–H and O–H groups in total. The highest BCUT2D eigenvalue weighted by Gasteiger charge is 2.40. The fraction of sp³-hybridized carbons (Fsp3) is 0.600. The molecule has 2 aliphatic rings. The van der Waals surface area contributed by atoms with Gasteiger partial charge in [-0.25, -0.2) is 4.39 Å². The Hall–Kier alpha value is -0.930. The largest absolute Gasteiger partial charge is 0.373 e. The van der Waals surface area contributed by atoms with Crippen molar-refractivity contribution in [1.82, 2.24) is 5.32 Å². The van der Waals surface area contributed by atoms with Crippen LogP contribution in [0.3, 0.4) is 0 Å². The molecule has 0 spiro atoms. The van der Waals surface area contributed by atoms with Gasteiger partial charge in [0, 0.05) is 12.1 Å². The predicted molar refractivity (Wildman–Crippen MR) is 69.0 cm³/mol. The van der Waals surface area contributed by atoms with Crippen LogP contribution in [0.5, 0.6) is 0 Å². The summed E-state index contributed by atoms with van der Waals surface area (Å²) in [5.74, 6) is -0.102. The lowest BCUT2D eigenvalue weighted by atomic mass is 9.94. The molecule has 2 aliphatic heterocycles. The van der Waals surface area contributed by atoms with E-state index in [1.165, 1.54) is 18.9 Å². The summed E-state index contributed by atoms with van der Waals surface area (Å²) >= 11 is 0. The van der Waals surface area contributed by atoms with Gasteiger partial charge < -0.3 is 10.1 Å². The van der Waals surface area contributed by atoms with Crippen molar-refractivity contribution in [2.24, 2.45) is 0 Å². The van der Waals surface area contributed by atoms with E-state index in [0.29, 0.717) is 18.2 Å². The van der Waals surface area contributed by atoms with Crippen molar-refractivity contribution in [2.45, 2.75) is 56.9 Å². The van der Waals surface area contributed by atoms with E-state index in [0.717, 1.165) is 18.4 Å². The highest BCUT2D eigenvalue weighted by molar-refractivity contribution is 5.18. The minimum Gasteiger partial charge on any atom is -0.373 e. The number of halogens is 1. The summed E-state index contributed by atoms with van der Waals surface area (Å²) in [6.45, 7) is 2.12. The van der Waals surface area contributed by atoms with Crippen LogP contribution in [0.15, 0.2) is 24.3 Å². The lowest BCUT2D eigenvalue weighted by Gasteiger charge is -2.24. The fourth-order valence-corrected chi connectivity index (χ4v) is 3.23. The van der Waals surface area contributed by atoms with Crippen molar-refractivity contribution in [3.05, 3.63) is 35.6 Å². The molecule has 18 heavy (non-hydrogen) atoms. The van der Waals surface area contributed by atoms with Gasteiger partial charge in [-0.3, -0.25) is 0 Å². The number of rotatable bonds is 4. The summed E-state index contributed by atoms with van der Waals surface area (Å²) in [4.78, 5) is 0. The zero-order chi connectivity index (χ0) is 12.5. The van der Waals surface area contributed by atoms with Crippen molar-refractivity contribution in [3.8, 4) is 0 Å². The Morgan fingerprint density at radius 2 is 2.22 bits per heavy atom. The predicted octanol–water partition coefficient (Wildman–Crippen LogP) is 2.67. The number of benzene rings is 1. The van der Waals surface area contributed by atoms with Crippen molar-refractivity contribution < 1.29 is 9.13 Å². The van der Waals surface area contributed by atoms with Gasteiger partial charge in [-0.1, -0.05) is 18.2 Å². The van der Waals surface area contributed by atoms with Gasteiger partial charge in [0.15, 0.2) is 0 Å². The zero-order valence-electron chi connectivity index (χ0n) is 10.7. The molecule has 2 fully saturated rings. The first kappa shape index (κ1) is 12.1. The van der Waals surface area contributed by atoms with Crippen molar-refractivity contribution in [1.29, 1.82) is 0 Å². The topological polar surface area (TPSA) is 21.3 Å². The normalized spacial score (nSPS) is 31.8. The average Bonchev–Trinajstić information content (AvgIpc) is 2.94. The molecule has 98 valence electrons. The highest BCUT2D eigenvalue weighted by atomic mass is 19.1.